The molecule has 0 amide bonds. The quantitative estimate of drug-likeness (QED) is 0.424. The van der Waals surface area contributed by atoms with Gasteiger partial charge in [0.1, 0.15) is 0 Å². The summed E-state index contributed by atoms with van der Waals surface area (Å²) in [6.45, 7) is 3.81. The van der Waals surface area contributed by atoms with Crippen molar-refractivity contribution in [2.75, 3.05) is 6.61 Å². The highest BCUT2D eigenvalue weighted by Crippen LogP contribution is 2.15. The second kappa shape index (κ2) is 8.72. The molecule has 0 fully saturated rings. The summed E-state index contributed by atoms with van der Waals surface area (Å²) in [5.41, 5.74) is 2.85. The topological polar surface area (TPSA) is 52.1 Å². The Kier molecular flexibility index (Phi) is 6.30. The highest BCUT2D eigenvalue weighted by molar-refractivity contribution is 5.81. The van der Waals surface area contributed by atoms with Crippen LogP contribution in [0.3, 0.4) is 0 Å². The van der Waals surface area contributed by atoms with Crippen LogP contribution in [-0.4, -0.2) is 22.5 Å². The summed E-state index contributed by atoms with van der Waals surface area (Å²) >= 11 is 0. The van der Waals surface area contributed by atoms with Crippen molar-refractivity contribution in [2.45, 2.75) is 25.7 Å². The zero-order valence-corrected chi connectivity index (χ0v) is 12.6. The molecule has 22 heavy (non-hydrogen) atoms. The van der Waals surface area contributed by atoms with Crippen LogP contribution in [-0.2, 0) is 16.0 Å². The molecule has 0 N–H and O–H groups in total. The first-order valence-electron chi connectivity index (χ1n) is 7.46. The Morgan fingerprint density at radius 1 is 1.09 bits per heavy atom. The molecular formula is C18H20N2O2. The van der Waals surface area contributed by atoms with Gasteiger partial charge in [0.05, 0.1) is 18.0 Å². The third-order valence-corrected chi connectivity index (χ3v) is 3.22. The van der Waals surface area contributed by atoms with Gasteiger partial charge in [-0.05, 0) is 49.9 Å². The molecule has 4 heteroatoms. The fourth-order valence-electron chi connectivity index (χ4n) is 2.09. The van der Waals surface area contributed by atoms with Gasteiger partial charge in [0.2, 0.25) is 0 Å². The second-order valence-corrected chi connectivity index (χ2v) is 4.91. The molecule has 114 valence electrons. The monoisotopic (exact) mass is 296 g/mol. The Hall–Kier alpha value is -2.49. The average Bonchev–Trinajstić information content (AvgIpc) is 2.58. The molecular weight excluding hydrogens is 276 g/mol. The largest absolute Gasteiger partial charge is 0.463 e. The van der Waals surface area contributed by atoms with Crippen molar-refractivity contribution in [2.24, 2.45) is 0 Å². The summed E-state index contributed by atoms with van der Waals surface area (Å²) in [6, 6.07) is 11.8. The lowest BCUT2D eigenvalue weighted by molar-refractivity contribution is -0.137. The number of esters is 1. The molecule has 0 radical (unpaired) electrons. The second-order valence-electron chi connectivity index (χ2n) is 4.91. The molecule has 0 aromatic carbocycles. The van der Waals surface area contributed by atoms with Crippen molar-refractivity contribution < 1.29 is 9.53 Å². The van der Waals surface area contributed by atoms with E-state index in [2.05, 4.69) is 16.5 Å². The van der Waals surface area contributed by atoms with Gasteiger partial charge in [-0.1, -0.05) is 18.7 Å². The molecule has 2 heterocycles. The summed E-state index contributed by atoms with van der Waals surface area (Å²) in [7, 11) is 0. The van der Waals surface area contributed by atoms with E-state index < -0.39 is 0 Å². The van der Waals surface area contributed by atoms with Gasteiger partial charge < -0.3 is 4.74 Å². The highest BCUT2D eigenvalue weighted by Gasteiger charge is 2.02. The zero-order valence-electron chi connectivity index (χ0n) is 12.6. The third-order valence-electron chi connectivity index (χ3n) is 3.22. The van der Waals surface area contributed by atoms with Crippen LogP contribution in [0.5, 0.6) is 0 Å². The molecule has 0 aliphatic carbocycles. The molecule has 0 atom stereocenters. The van der Waals surface area contributed by atoms with E-state index >= 15 is 0 Å². The van der Waals surface area contributed by atoms with E-state index in [9.17, 15) is 4.79 Å². The van der Waals surface area contributed by atoms with Crippen molar-refractivity contribution in [3.8, 4) is 11.4 Å². The molecule has 0 saturated heterocycles. The molecule has 4 nitrogen and oxygen atoms in total. The molecule has 0 saturated carbocycles. The van der Waals surface area contributed by atoms with Gasteiger partial charge in [0.15, 0.2) is 0 Å². The van der Waals surface area contributed by atoms with Crippen LogP contribution in [0.1, 0.15) is 25.0 Å². The lowest BCUT2D eigenvalue weighted by atomic mass is 10.1. The number of aryl methyl sites for hydroxylation is 1. The first-order chi connectivity index (χ1) is 10.8. The fourth-order valence-corrected chi connectivity index (χ4v) is 2.09. The molecule has 0 spiro atoms. The number of carbonyl (C=O) groups excluding carboxylic acids is 1. The summed E-state index contributed by atoms with van der Waals surface area (Å²) < 4.78 is 4.94. The van der Waals surface area contributed by atoms with E-state index in [4.69, 9.17) is 4.74 Å². The number of ether oxygens (including phenoxy) is 1. The Bertz CT molecular complexity index is 611. The number of carbonyl (C=O) groups is 1. The minimum Gasteiger partial charge on any atom is -0.463 e. The fraction of sp³-hybridized carbons (Fsp3) is 0.278. The number of hydrogen-bond donors (Lipinski definition) is 0. The number of unbranched alkanes of at least 4 members (excludes halogenated alkanes) is 2. The van der Waals surface area contributed by atoms with E-state index in [0.29, 0.717) is 6.61 Å². The average molecular weight is 296 g/mol. The van der Waals surface area contributed by atoms with Crippen LogP contribution in [0.2, 0.25) is 0 Å². The highest BCUT2D eigenvalue weighted by atomic mass is 16.5. The predicted octanol–water partition coefficient (Wildman–Crippen LogP) is 3.59. The minimum atomic E-state index is -0.357. The summed E-state index contributed by atoms with van der Waals surface area (Å²) in [6.07, 6.45) is 6.75. The molecule has 0 aliphatic heterocycles. The third kappa shape index (κ3) is 5.13. The Morgan fingerprint density at radius 3 is 2.73 bits per heavy atom. The normalized spacial score (nSPS) is 10.2. The van der Waals surface area contributed by atoms with Crippen molar-refractivity contribution in [3.05, 3.63) is 60.9 Å². The van der Waals surface area contributed by atoms with Crippen LogP contribution in [0, 0.1) is 0 Å². The van der Waals surface area contributed by atoms with Crippen LogP contribution in [0.25, 0.3) is 11.4 Å². The molecule has 2 aromatic rings. The van der Waals surface area contributed by atoms with Gasteiger partial charge in [-0.25, -0.2) is 4.79 Å². The summed E-state index contributed by atoms with van der Waals surface area (Å²) in [5.74, 6) is -0.357. The van der Waals surface area contributed by atoms with E-state index in [1.54, 1.807) is 6.20 Å². The molecule has 0 unspecified atom stereocenters. The Morgan fingerprint density at radius 2 is 1.95 bits per heavy atom. The Balaban J connectivity index is 1.77. The van der Waals surface area contributed by atoms with Crippen molar-refractivity contribution in [1.29, 1.82) is 0 Å². The number of rotatable bonds is 8. The van der Waals surface area contributed by atoms with Gasteiger partial charge in [-0.3, -0.25) is 9.97 Å². The van der Waals surface area contributed by atoms with Gasteiger partial charge in [0, 0.05) is 18.0 Å². The zero-order chi connectivity index (χ0) is 15.6. The molecule has 0 bridgehead atoms. The number of aromatic nitrogens is 2. The first kappa shape index (κ1) is 15.9. The molecule has 2 rings (SSSR count). The van der Waals surface area contributed by atoms with Gasteiger partial charge in [0.25, 0.3) is 0 Å². The van der Waals surface area contributed by atoms with E-state index in [1.807, 2.05) is 36.4 Å². The molecule has 0 aliphatic rings. The van der Waals surface area contributed by atoms with Crippen LogP contribution in [0.15, 0.2) is 55.3 Å². The maximum Gasteiger partial charge on any atom is 0.330 e. The van der Waals surface area contributed by atoms with Gasteiger partial charge in [-0.2, -0.15) is 0 Å². The lowest BCUT2D eigenvalue weighted by Gasteiger charge is -2.05. The number of pyridine rings is 2. The standard InChI is InChI=1S/C18H20N2O2/c1-2-18(21)22-14-7-3-4-9-15-10-8-12-17(20-15)16-11-5-6-13-19-16/h2,5-6,8,10-13H,1,3-4,7,9,14H2. The number of hydrogen-bond acceptors (Lipinski definition) is 4. The van der Waals surface area contributed by atoms with E-state index in [1.165, 1.54) is 6.08 Å². The lowest BCUT2D eigenvalue weighted by Crippen LogP contribution is -2.02. The van der Waals surface area contributed by atoms with E-state index in [0.717, 1.165) is 42.8 Å². The van der Waals surface area contributed by atoms with Crippen LogP contribution in [0.4, 0.5) is 0 Å². The van der Waals surface area contributed by atoms with Crippen molar-refractivity contribution >= 4 is 5.97 Å². The van der Waals surface area contributed by atoms with Gasteiger partial charge >= 0.3 is 5.97 Å². The minimum absolute atomic E-state index is 0.357. The SMILES string of the molecule is C=CC(=O)OCCCCCc1cccc(-c2ccccn2)n1. The summed E-state index contributed by atoms with van der Waals surface area (Å²) in [4.78, 5) is 19.8. The smallest absolute Gasteiger partial charge is 0.330 e. The molecule has 2 aromatic heterocycles. The van der Waals surface area contributed by atoms with Crippen LogP contribution < -0.4 is 0 Å². The van der Waals surface area contributed by atoms with Gasteiger partial charge in [-0.15, -0.1) is 0 Å². The van der Waals surface area contributed by atoms with Crippen molar-refractivity contribution in [3.63, 3.8) is 0 Å². The van der Waals surface area contributed by atoms with Crippen molar-refractivity contribution in [1.82, 2.24) is 9.97 Å². The van der Waals surface area contributed by atoms with Crippen LogP contribution >= 0.6 is 0 Å². The van der Waals surface area contributed by atoms with E-state index in [-0.39, 0.29) is 5.97 Å². The Labute approximate surface area is 130 Å². The predicted molar refractivity (Wildman–Crippen MR) is 86.2 cm³/mol. The first-order valence-corrected chi connectivity index (χ1v) is 7.46. The summed E-state index contributed by atoms with van der Waals surface area (Å²) in [5, 5.41) is 0. The number of nitrogens with zero attached hydrogens (tertiary/aromatic N) is 2. The maximum absolute atomic E-state index is 10.9. The maximum atomic E-state index is 10.9.